The number of nitrogens with one attached hydrogen (secondary N) is 1. The van der Waals surface area contributed by atoms with Gasteiger partial charge in [-0.2, -0.15) is 5.10 Å². The molecule has 2 aromatic rings. The summed E-state index contributed by atoms with van der Waals surface area (Å²) in [5, 5.41) is 18.0. The predicted octanol–water partition coefficient (Wildman–Crippen LogP) is 2.07. The van der Waals surface area contributed by atoms with Gasteiger partial charge >= 0.3 is 0 Å². The Morgan fingerprint density at radius 3 is 2.70 bits per heavy atom. The van der Waals surface area contributed by atoms with Crippen LogP contribution in [-0.4, -0.2) is 14.7 Å². The lowest BCUT2D eigenvalue weighted by Gasteiger charge is -2.06. The van der Waals surface area contributed by atoms with E-state index in [0.29, 0.717) is 12.1 Å². The summed E-state index contributed by atoms with van der Waals surface area (Å²) in [4.78, 5) is 10.4. The molecule has 0 saturated heterocycles. The lowest BCUT2D eigenvalue weighted by Crippen LogP contribution is -2.14. The number of hydrogen-bond acceptors (Lipinski definition) is 4. The molecular weight excluding hydrogens is 263 g/mol. The van der Waals surface area contributed by atoms with Gasteiger partial charge in [0.2, 0.25) is 0 Å². The summed E-state index contributed by atoms with van der Waals surface area (Å²) >= 11 is 0. The molecule has 106 valence electrons. The lowest BCUT2D eigenvalue weighted by atomic mass is 10.1. The first-order valence-corrected chi connectivity index (χ1v) is 6.10. The molecule has 1 N–H and O–H groups in total. The fraction of sp³-hybridized carbons (Fsp3) is 0.308. The second kappa shape index (κ2) is 5.79. The number of nitro groups is 1. The van der Waals surface area contributed by atoms with Gasteiger partial charge in [0.1, 0.15) is 5.82 Å². The smallest absolute Gasteiger partial charge is 0.274 e. The Bertz CT molecular complexity index is 639. The molecule has 6 nitrogen and oxygen atoms in total. The molecule has 0 saturated carbocycles. The summed E-state index contributed by atoms with van der Waals surface area (Å²) in [7, 11) is 1.84. The van der Waals surface area contributed by atoms with Crippen LogP contribution in [0.1, 0.15) is 16.8 Å². The molecule has 0 fully saturated rings. The number of aromatic nitrogens is 2. The number of halogens is 1. The van der Waals surface area contributed by atoms with E-state index in [-0.39, 0.29) is 12.2 Å². The average Bonchev–Trinajstić information content (AvgIpc) is 2.70. The van der Waals surface area contributed by atoms with Crippen molar-refractivity contribution in [1.82, 2.24) is 15.1 Å². The van der Waals surface area contributed by atoms with Crippen molar-refractivity contribution in [2.45, 2.75) is 20.0 Å². The molecule has 7 heteroatoms. The summed E-state index contributed by atoms with van der Waals surface area (Å²) in [6.45, 7) is 2.68. The van der Waals surface area contributed by atoms with Crippen molar-refractivity contribution in [1.29, 1.82) is 0 Å². The van der Waals surface area contributed by atoms with Crippen LogP contribution in [0.25, 0.3) is 0 Å². The molecule has 1 aromatic carbocycles. The van der Waals surface area contributed by atoms with E-state index in [9.17, 15) is 14.5 Å². The van der Waals surface area contributed by atoms with E-state index in [4.69, 9.17) is 0 Å². The van der Waals surface area contributed by atoms with Gasteiger partial charge in [0.15, 0.2) is 0 Å². The summed E-state index contributed by atoms with van der Waals surface area (Å²) in [6, 6.07) is 3.45. The van der Waals surface area contributed by atoms with Gasteiger partial charge in [-0.15, -0.1) is 0 Å². The minimum Gasteiger partial charge on any atom is -0.308 e. The Morgan fingerprint density at radius 1 is 1.40 bits per heavy atom. The Labute approximate surface area is 115 Å². The van der Waals surface area contributed by atoms with Crippen LogP contribution in [0.3, 0.4) is 0 Å². The van der Waals surface area contributed by atoms with Crippen LogP contribution >= 0.6 is 0 Å². The third kappa shape index (κ3) is 3.00. The third-order valence-electron chi connectivity index (χ3n) is 3.21. The minimum absolute atomic E-state index is 0.0817. The predicted molar refractivity (Wildman–Crippen MR) is 71.5 cm³/mol. The van der Waals surface area contributed by atoms with Crippen LogP contribution in [0.2, 0.25) is 0 Å². The first-order chi connectivity index (χ1) is 9.49. The first-order valence-electron chi connectivity index (χ1n) is 6.10. The molecule has 0 aliphatic carbocycles. The maximum absolute atomic E-state index is 13.2. The zero-order valence-corrected chi connectivity index (χ0v) is 11.3. The number of rotatable bonds is 5. The molecule has 0 unspecified atom stereocenters. The van der Waals surface area contributed by atoms with E-state index in [1.165, 1.54) is 12.1 Å². The van der Waals surface area contributed by atoms with Crippen molar-refractivity contribution in [3.05, 3.63) is 57.1 Å². The maximum atomic E-state index is 13.2. The fourth-order valence-corrected chi connectivity index (χ4v) is 1.92. The minimum atomic E-state index is -0.508. The summed E-state index contributed by atoms with van der Waals surface area (Å²) < 4.78 is 14.9. The zero-order chi connectivity index (χ0) is 14.7. The van der Waals surface area contributed by atoms with Crippen molar-refractivity contribution >= 4 is 5.69 Å². The van der Waals surface area contributed by atoms with E-state index >= 15 is 0 Å². The standard InChI is InChI=1S/C13H15FN4O2/c1-9-11(8-16-17(9)2)7-15-6-10-5-12(14)3-4-13(10)18(19)20/h3-5,8,15H,6-7H2,1-2H3. The van der Waals surface area contributed by atoms with Gasteiger partial charge in [-0.25, -0.2) is 4.39 Å². The summed E-state index contributed by atoms with van der Waals surface area (Å²) in [6.07, 6.45) is 1.74. The first kappa shape index (κ1) is 14.1. The van der Waals surface area contributed by atoms with Crippen LogP contribution < -0.4 is 5.32 Å². The average molecular weight is 278 g/mol. The normalized spacial score (nSPS) is 10.8. The van der Waals surface area contributed by atoms with Crippen LogP contribution in [-0.2, 0) is 20.1 Å². The highest BCUT2D eigenvalue weighted by Crippen LogP contribution is 2.19. The molecule has 0 radical (unpaired) electrons. The van der Waals surface area contributed by atoms with E-state index < -0.39 is 10.7 Å². The number of hydrogen-bond donors (Lipinski definition) is 1. The van der Waals surface area contributed by atoms with Crippen molar-refractivity contribution in [2.75, 3.05) is 0 Å². The van der Waals surface area contributed by atoms with E-state index in [1.54, 1.807) is 10.9 Å². The number of nitrogens with zero attached hydrogens (tertiary/aromatic N) is 3. The summed E-state index contributed by atoms with van der Waals surface area (Å²) in [5.41, 5.74) is 2.27. The molecule has 0 spiro atoms. The topological polar surface area (TPSA) is 73.0 Å². The second-order valence-electron chi connectivity index (χ2n) is 4.51. The van der Waals surface area contributed by atoms with E-state index in [1.807, 2.05) is 14.0 Å². The van der Waals surface area contributed by atoms with Gasteiger partial charge < -0.3 is 5.32 Å². The van der Waals surface area contributed by atoms with E-state index in [0.717, 1.165) is 17.3 Å². The molecule has 2 rings (SSSR count). The van der Waals surface area contributed by atoms with Crippen LogP contribution in [0.15, 0.2) is 24.4 Å². The molecule has 0 bridgehead atoms. The van der Waals surface area contributed by atoms with Crippen molar-refractivity contribution < 1.29 is 9.31 Å². The second-order valence-corrected chi connectivity index (χ2v) is 4.51. The van der Waals surface area contributed by atoms with Crippen LogP contribution in [0.5, 0.6) is 0 Å². The zero-order valence-electron chi connectivity index (χ0n) is 11.3. The Morgan fingerprint density at radius 2 is 2.10 bits per heavy atom. The number of nitro benzene ring substituents is 1. The molecule has 20 heavy (non-hydrogen) atoms. The Balaban J connectivity index is 2.06. The Hall–Kier alpha value is -2.28. The molecule has 1 aromatic heterocycles. The van der Waals surface area contributed by atoms with E-state index in [2.05, 4.69) is 10.4 Å². The highest BCUT2D eigenvalue weighted by molar-refractivity contribution is 5.40. The number of benzene rings is 1. The molecule has 0 aliphatic heterocycles. The highest BCUT2D eigenvalue weighted by atomic mass is 19.1. The quantitative estimate of drug-likeness (QED) is 0.671. The van der Waals surface area contributed by atoms with Gasteiger partial charge in [0, 0.05) is 43.0 Å². The van der Waals surface area contributed by atoms with Gasteiger partial charge in [0.05, 0.1) is 11.1 Å². The largest absolute Gasteiger partial charge is 0.308 e. The lowest BCUT2D eigenvalue weighted by molar-refractivity contribution is -0.385. The van der Waals surface area contributed by atoms with Gasteiger partial charge in [0.25, 0.3) is 5.69 Å². The van der Waals surface area contributed by atoms with Crippen LogP contribution in [0.4, 0.5) is 10.1 Å². The molecular formula is C13H15FN4O2. The highest BCUT2D eigenvalue weighted by Gasteiger charge is 2.14. The third-order valence-corrected chi connectivity index (χ3v) is 3.21. The van der Waals surface area contributed by atoms with Crippen molar-refractivity contribution in [3.63, 3.8) is 0 Å². The SMILES string of the molecule is Cc1c(CNCc2cc(F)ccc2[N+](=O)[O-])cnn1C. The summed E-state index contributed by atoms with van der Waals surface area (Å²) in [5.74, 6) is -0.482. The molecule has 1 heterocycles. The molecule has 0 amide bonds. The fourth-order valence-electron chi connectivity index (χ4n) is 1.92. The van der Waals surface area contributed by atoms with Crippen molar-refractivity contribution in [3.8, 4) is 0 Å². The van der Waals surface area contributed by atoms with Gasteiger partial charge in [-0.1, -0.05) is 0 Å². The van der Waals surface area contributed by atoms with Crippen molar-refractivity contribution in [2.24, 2.45) is 7.05 Å². The van der Waals surface area contributed by atoms with Gasteiger partial charge in [-0.3, -0.25) is 14.8 Å². The molecule has 0 atom stereocenters. The van der Waals surface area contributed by atoms with Crippen LogP contribution in [0, 0.1) is 22.9 Å². The maximum Gasteiger partial charge on any atom is 0.274 e. The number of aryl methyl sites for hydroxylation is 1. The molecule has 0 aliphatic rings. The monoisotopic (exact) mass is 278 g/mol. The Kier molecular flexibility index (Phi) is 4.09. The van der Waals surface area contributed by atoms with Gasteiger partial charge in [-0.05, 0) is 19.1 Å².